The van der Waals surface area contributed by atoms with Crippen LogP contribution in [0.15, 0.2) is 58.9 Å². The number of aromatic nitrogens is 1. The first-order chi connectivity index (χ1) is 17.3. The summed E-state index contributed by atoms with van der Waals surface area (Å²) in [6, 6.07) is 17.0. The van der Waals surface area contributed by atoms with Gasteiger partial charge in [-0.25, -0.2) is 9.59 Å². The van der Waals surface area contributed by atoms with Gasteiger partial charge in [0.2, 0.25) is 0 Å². The van der Waals surface area contributed by atoms with E-state index in [9.17, 15) is 24.9 Å². The number of fused-ring (bicyclic) bond motifs is 1. The summed E-state index contributed by atoms with van der Waals surface area (Å²) in [5.74, 6) is -1.86. The Balaban J connectivity index is 1.90. The van der Waals surface area contributed by atoms with Crippen LogP contribution in [0.25, 0.3) is 17.5 Å². The maximum atomic E-state index is 13.2. The number of carbonyl (C=O) groups is 2. The number of hydrogen-bond acceptors (Lipinski definition) is 9. The van der Waals surface area contributed by atoms with Crippen LogP contribution in [0.1, 0.15) is 37.8 Å². The van der Waals surface area contributed by atoms with Gasteiger partial charge >= 0.3 is 11.9 Å². The quantitative estimate of drug-likeness (QED) is 0.531. The number of rotatable bonds is 4. The van der Waals surface area contributed by atoms with Crippen molar-refractivity contribution in [3.8, 4) is 12.1 Å². The van der Waals surface area contributed by atoms with Gasteiger partial charge in [0.25, 0.3) is 5.56 Å². The first-order valence-electron chi connectivity index (χ1n) is 10.5. The standard InChI is InChI=1S/C26H18N4O5S/c1-34-25(32)16-5-3-14(4-6-16)11-20-23(31)30-22(29)18(12-27)21(19(13-28)24(30)36-20)15-7-9-17(10-8-15)26(33)35-2/h3-11,21H,29H2,1-2H3/t21-/m0/s1. The normalized spacial score (nSPS) is 15.1. The van der Waals surface area contributed by atoms with Crippen LogP contribution in [0, 0.1) is 22.7 Å². The van der Waals surface area contributed by atoms with E-state index in [2.05, 4.69) is 6.07 Å². The predicted molar refractivity (Wildman–Crippen MR) is 132 cm³/mol. The van der Waals surface area contributed by atoms with E-state index >= 15 is 0 Å². The van der Waals surface area contributed by atoms with Crippen molar-refractivity contribution in [3.05, 3.63) is 95.9 Å². The fourth-order valence-electron chi connectivity index (χ4n) is 3.90. The van der Waals surface area contributed by atoms with Gasteiger partial charge in [-0.3, -0.25) is 9.36 Å². The smallest absolute Gasteiger partial charge is 0.337 e. The van der Waals surface area contributed by atoms with Crippen LogP contribution in [0.2, 0.25) is 0 Å². The van der Waals surface area contributed by atoms with Gasteiger partial charge in [0.15, 0.2) is 0 Å². The molecule has 0 saturated heterocycles. The summed E-state index contributed by atoms with van der Waals surface area (Å²) >= 11 is 1.08. The van der Waals surface area contributed by atoms with Crippen molar-refractivity contribution in [1.82, 2.24) is 4.57 Å². The van der Waals surface area contributed by atoms with Gasteiger partial charge in [-0.05, 0) is 41.5 Å². The lowest BCUT2D eigenvalue weighted by Crippen LogP contribution is -2.38. The lowest BCUT2D eigenvalue weighted by Gasteiger charge is -2.22. The molecule has 0 spiro atoms. The van der Waals surface area contributed by atoms with E-state index in [4.69, 9.17) is 15.2 Å². The minimum atomic E-state index is -0.808. The number of methoxy groups -OCH3 is 2. The second-order valence-corrected chi connectivity index (χ2v) is 8.68. The summed E-state index contributed by atoms with van der Waals surface area (Å²) in [6.07, 6.45) is 1.62. The average molecular weight is 499 g/mol. The zero-order valence-corrected chi connectivity index (χ0v) is 20.0. The van der Waals surface area contributed by atoms with Crippen LogP contribution in [0.3, 0.4) is 0 Å². The molecule has 2 aromatic carbocycles. The van der Waals surface area contributed by atoms with Gasteiger partial charge in [-0.1, -0.05) is 24.3 Å². The highest BCUT2D eigenvalue weighted by molar-refractivity contribution is 7.07. The molecule has 0 aliphatic carbocycles. The Kier molecular flexibility index (Phi) is 6.55. The van der Waals surface area contributed by atoms with Crippen LogP contribution in [-0.2, 0) is 9.47 Å². The van der Waals surface area contributed by atoms with Crippen molar-refractivity contribution in [2.24, 2.45) is 5.73 Å². The Morgan fingerprint density at radius 3 is 1.97 bits per heavy atom. The molecule has 178 valence electrons. The Morgan fingerprint density at radius 1 is 0.944 bits per heavy atom. The Morgan fingerprint density at radius 2 is 1.47 bits per heavy atom. The van der Waals surface area contributed by atoms with Crippen molar-refractivity contribution >= 4 is 40.7 Å². The van der Waals surface area contributed by atoms with Gasteiger partial charge in [0, 0.05) is 0 Å². The Bertz CT molecular complexity index is 1680. The van der Waals surface area contributed by atoms with E-state index in [1.165, 1.54) is 30.9 Å². The maximum Gasteiger partial charge on any atom is 0.337 e. The fraction of sp³-hybridized carbons (Fsp3) is 0.115. The van der Waals surface area contributed by atoms with Crippen molar-refractivity contribution in [2.75, 3.05) is 14.2 Å². The first-order valence-corrected chi connectivity index (χ1v) is 11.3. The van der Waals surface area contributed by atoms with E-state index in [1.54, 1.807) is 42.5 Å². The van der Waals surface area contributed by atoms with Gasteiger partial charge in [0.1, 0.15) is 10.5 Å². The average Bonchev–Trinajstić information content (AvgIpc) is 3.23. The highest BCUT2D eigenvalue weighted by Crippen LogP contribution is 2.35. The molecule has 1 aliphatic heterocycles. The zero-order valence-electron chi connectivity index (χ0n) is 19.1. The van der Waals surface area contributed by atoms with Crippen molar-refractivity contribution in [2.45, 2.75) is 5.92 Å². The SMILES string of the molecule is COC(=O)c1ccc(C=c2sc3n(c2=O)C(N)=C(C#N)[C@H](c2ccc(C(=O)OC)cc2)C=3C#N)cc1. The molecule has 0 bridgehead atoms. The fourth-order valence-corrected chi connectivity index (χ4v) is 5.03. The van der Waals surface area contributed by atoms with Gasteiger partial charge in [-0.15, -0.1) is 11.3 Å². The lowest BCUT2D eigenvalue weighted by molar-refractivity contribution is 0.0592. The summed E-state index contributed by atoms with van der Waals surface area (Å²) in [7, 11) is 2.56. The molecule has 0 radical (unpaired) electrons. The number of thiazole rings is 1. The van der Waals surface area contributed by atoms with E-state index < -0.39 is 23.4 Å². The largest absolute Gasteiger partial charge is 0.465 e. The number of ether oxygens (including phenoxy) is 2. The highest BCUT2D eigenvalue weighted by atomic mass is 32.1. The molecular formula is C26H18N4O5S. The third-order valence-corrected chi connectivity index (χ3v) is 6.79. The number of nitrogens with zero attached hydrogens (tertiary/aromatic N) is 3. The molecule has 36 heavy (non-hydrogen) atoms. The number of nitriles is 2. The molecule has 1 atom stereocenters. The van der Waals surface area contributed by atoms with Crippen molar-refractivity contribution in [1.29, 1.82) is 10.5 Å². The first kappa shape index (κ1) is 24.2. The molecule has 0 unspecified atom stereocenters. The summed E-state index contributed by atoms with van der Waals surface area (Å²) < 4.78 is 11.2. The topological polar surface area (TPSA) is 148 Å². The second-order valence-electron chi connectivity index (χ2n) is 7.65. The number of allylic oxidation sites excluding steroid dienone is 1. The lowest BCUT2D eigenvalue weighted by atomic mass is 9.84. The molecule has 0 amide bonds. The summed E-state index contributed by atoms with van der Waals surface area (Å²) in [6.45, 7) is 0. The van der Waals surface area contributed by atoms with Crippen LogP contribution in [0.5, 0.6) is 0 Å². The van der Waals surface area contributed by atoms with E-state index in [0.29, 0.717) is 31.4 Å². The van der Waals surface area contributed by atoms with E-state index in [1.807, 2.05) is 6.07 Å². The predicted octanol–water partition coefficient (Wildman–Crippen LogP) is 1.43. The van der Waals surface area contributed by atoms with Crippen LogP contribution in [-0.4, -0.2) is 30.7 Å². The van der Waals surface area contributed by atoms with Crippen LogP contribution >= 0.6 is 11.3 Å². The molecule has 2 N–H and O–H groups in total. The number of benzene rings is 2. The molecule has 1 aliphatic rings. The monoisotopic (exact) mass is 498 g/mol. The number of carbonyl (C=O) groups excluding carboxylic acids is 2. The van der Waals surface area contributed by atoms with Gasteiger partial charge in [0.05, 0.1) is 59.1 Å². The molecule has 9 nitrogen and oxygen atoms in total. The number of esters is 2. The van der Waals surface area contributed by atoms with Gasteiger partial charge in [-0.2, -0.15) is 10.5 Å². The third kappa shape index (κ3) is 4.06. The van der Waals surface area contributed by atoms with E-state index in [-0.39, 0.29) is 17.0 Å². The molecule has 0 saturated carbocycles. The van der Waals surface area contributed by atoms with Crippen LogP contribution in [0.4, 0.5) is 0 Å². The zero-order chi connectivity index (χ0) is 26.0. The number of nitrogens with two attached hydrogens (primary N) is 1. The summed E-state index contributed by atoms with van der Waals surface area (Å²) in [4.78, 5) is 36.7. The van der Waals surface area contributed by atoms with Crippen molar-refractivity contribution in [3.63, 3.8) is 0 Å². The number of hydrogen-bond donors (Lipinski definition) is 1. The Labute approximate surface area is 208 Å². The molecular weight excluding hydrogens is 480 g/mol. The molecule has 0 fully saturated rings. The molecule has 1 aromatic heterocycles. The second kappa shape index (κ2) is 9.74. The molecule has 3 aromatic rings. The minimum Gasteiger partial charge on any atom is -0.465 e. The van der Waals surface area contributed by atoms with Crippen molar-refractivity contribution < 1.29 is 19.1 Å². The highest BCUT2D eigenvalue weighted by Gasteiger charge is 2.32. The molecule has 10 heteroatoms. The van der Waals surface area contributed by atoms with Gasteiger partial charge < -0.3 is 15.2 Å². The third-order valence-electron chi connectivity index (χ3n) is 5.68. The minimum absolute atomic E-state index is 0.0544. The van der Waals surface area contributed by atoms with Crippen LogP contribution < -0.4 is 20.5 Å². The summed E-state index contributed by atoms with van der Waals surface area (Å²) in [5, 5.41) is 19.9. The maximum absolute atomic E-state index is 13.2. The molecule has 4 rings (SSSR count). The van der Waals surface area contributed by atoms with E-state index in [0.717, 1.165) is 11.3 Å². The summed E-state index contributed by atoms with van der Waals surface area (Å²) in [5.41, 5.74) is 7.95. The Hall–Kier alpha value is -4.93. The molecule has 2 heterocycles.